The number of carbonyl (C=O) groups is 2. The normalized spacial score (nSPS) is 25.5. The van der Waals surface area contributed by atoms with Crippen LogP contribution >= 0.6 is 0 Å². The summed E-state index contributed by atoms with van der Waals surface area (Å²) in [5, 5.41) is 1.29. The topological polar surface area (TPSA) is 62.4 Å². The van der Waals surface area contributed by atoms with E-state index in [0.29, 0.717) is 0 Å². The number of nitrogens with one attached hydrogen (secondary N) is 1. The number of esters is 1. The summed E-state index contributed by atoms with van der Waals surface area (Å²) >= 11 is 0. The van der Waals surface area contributed by atoms with Gasteiger partial charge in [0.1, 0.15) is 12.2 Å². The maximum Gasteiger partial charge on any atom is 0.316 e. The van der Waals surface area contributed by atoms with Gasteiger partial charge in [-0.1, -0.05) is 29.8 Å². The number of nitrogens with zero attached hydrogens (tertiary/aromatic N) is 1. The van der Waals surface area contributed by atoms with Crippen LogP contribution in [-0.4, -0.2) is 42.3 Å². The summed E-state index contributed by atoms with van der Waals surface area (Å²) in [5.74, 6) is -1.28. The van der Waals surface area contributed by atoms with Crippen LogP contribution in [0.1, 0.15) is 30.6 Å². The number of allylic oxidation sites excluding steroid dienone is 1. The minimum absolute atomic E-state index is 0.108. The molecule has 0 aliphatic carbocycles. The molecule has 2 aromatic rings. The zero-order valence-electron chi connectivity index (χ0n) is 15.2. The summed E-state index contributed by atoms with van der Waals surface area (Å²) < 4.78 is 4.88. The van der Waals surface area contributed by atoms with Crippen molar-refractivity contribution in [3.8, 4) is 0 Å². The molecular weight excluding hydrogens is 328 g/mol. The number of methoxy groups -OCH3 is 1. The van der Waals surface area contributed by atoms with Gasteiger partial charge in [0.15, 0.2) is 0 Å². The molecule has 2 aliphatic rings. The summed E-state index contributed by atoms with van der Waals surface area (Å²) in [6.07, 6.45) is 4.58. The van der Waals surface area contributed by atoms with E-state index >= 15 is 0 Å². The third kappa shape index (κ3) is 2.58. The molecule has 0 spiro atoms. The fourth-order valence-electron chi connectivity index (χ4n) is 4.70. The van der Waals surface area contributed by atoms with Gasteiger partial charge in [0.05, 0.1) is 13.2 Å². The van der Waals surface area contributed by atoms with E-state index in [1.165, 1.54) is 23.8 Å². The number of aromatic nitrogens is 1. The molecule has 1 fully saturated rings. The Morgan fingerprint density at radius 1 is 1.38 bits per heavy atom. The van der Waals surface area contributed by atoms with Gasteiger partial charge >= 0.3 is 5.97 Å². The minimum atomic E-state index is -0.733. The molecule has 0 saturated carbocycles. The molecule has 0 bridgehead atoms. The van der Waals surface area contributed by atoms with E-state index in [1.807, 2.05) is 13.0 Å². The molecule has 1 aromatic heterocycles. The first-order valence-electron chi connectivity index (χ1n) is 9.19. The fraction of sp³-hybridized carbons (Fsp3) is 0.429. The lowest BCUT2D eigenvalue weighted by Gasteiger charge is -2.44. The first kappa shape index (κ1) is 17.0. The highest BCUT2D eigenvalue weighted by atomic mass is 16.5. The van der Waals surface area contributed by atoms with E-state index < -0.39 is 11.9 Å². The van der Waals surface area contributed by atoms with Gasteiger partial charge in [-0.3, -0.25) is 9.69 Å². The summed E-state index contributed by atoms with van der Waals surface area (Å²) in [6.45, 7) is 3.77. The van der Waals surface area contributed by atoms with E-state index in [2.05, 4.69) is 34.2 Å². The van der Waals surface area contributed by atoms with E-state index in [4.69, 9.17) is 4.74 Å². The van der Waals surface area contributed by atoms with Gasteiger partial charge in [0.25, 0.3) is 0 Å². The zero-order valence-corrected chi connectivity index (χ0v) is 15.2. The Kier molecular flexibility index (Phi) is 4.41. The van der Waals surface area contributed by atoms with Gasteiger partial charge in [0.2, 0.25) is 0 Å². The molecule has 4 rings (SSSR count). The highest BCUT2D eigenvalue weighted by Gasteiger charge is 2.42. The van der Waals surface area contributed by atoms with Gasteiger partial charge in [-0.2, -0.15) is 0 Å². The Hall–Kier alpha value is -2.40. The number of ether oxygens (including phenoxy) is 1. The Bertz CT molecular complexity index is 883. The summed E-state index contributed by atoms with van der Waals surface area (Å²) in [5.41, 5.74) is 4.94. The minimum Gasteiger partial charge on any atom is -0.468 e. The van der Waals surface area contributed by atoms with E-state index in [9.17, 15) is 9.59 Å². The van der Waals surface area contributed by atoms with Crippen molar-refractivity contribution in [1.29, 1.82) is 0 Å². The van der Waals surface area contributed by atoms with Crippen LogP contribution in [0.5, 0.6) is 0 Å². The van der Waals surface area contributed by atoms with Crippen LogP contribution < -0.4 is 0 Å². The van der Waals surface area contributed by atoms with Crippen molar-refractivity contribution in [2.24, 2.45) is 11.8 Å². The number of hydrogen-bond acceptors (Lipinski definition) is 4. The van der Waals surface area contributed by atoms with Crippen molar-refractivity contribution in [3.63, 3.8) is 0 Å². The van der Waals surface area contributed by atoms with Crippen LogP contribution in [0.4, 0.5) is 0 Å². The first-order chi connectivity index (χ1) is 12.7. The number of aldehydes is 1. The fourth-order valence-corrected chi connectivity index (χ4v) is 4.70. The average Bonchev–Trinajstić information content (AvgIpc) is 3.07. The summed E-state index contributed by atoms with van der Waals surface area (Å²) in [4.78, 5) is 29.9. The highest BCUT2D eigenvalue weighted by molar-refractivity contribution is 5.89. The largest absolute Gasteiger partial charge is 0.468 e. The zero-order chi connectivity index (χ0) is 18.3. The third-order valence-corrected chi connectivity index (χ3v) is 6.03. The Morgan fingerprint density at radius 3 is 2.92 bits per heavy atom. The van der Waals surface area contributed by atoms with Crippen LogP contribution in [-0.2, 0) is 20.7 Å². The lowest BCUT2D eigenvalue weighted by molar-refractivity contribution is -0.149. The number of carbonyl (C=O) groups excluding carboxylic acids is 2. The number of piperidine rings is 1. The predicted molar refractivity (Wildman–Crippen MR) is 99.8 cm³/mol. The second kappa shape index (κ2) is 6.72. The molecule has 136 valence electrons. The van der Waals surface area contributed by atoms with E-state index in [1.54, 1.807) is 0 Å². The lowest BCUT2D eigenvalue weighted by Crippen LogP contribution is -2.45. The van der Waals surface area contributed by atoms with Crippen molar-refractivity contribution in [1.82, 2.24) is 9.88 Å². The number of fused-ring (bicyclic) bond motifs is 5. The summed E-state index contributed by atoms with van der Waals surface area (Å²) in [7, 11) is 1.35. The van der Waals surface area contributed by atoms with Gasteiger partial charge in [-0.15, -0.1) is 0 Å². The standard InChI is InChI=1S/C21H24N2O3/c1-3-13-11-23-9-8-15-14-6-4-5-7-18(14)22-20(15)19(23)10-16(13)17(12-24)21(25)26-2/h3-7,12,16-17,19,22H,8-11H2,1-2H3. The van der Waals surface area contributed by atoms with Gasteiger partial charge in [0, 0.05) is 35.6 Å². The maximum atomic E-state index is 12.1. The lowest BCUT2D eigenvalue weighted by atomic mass is 9.75. The third-order valence-electron chi connectivity index (χ3n) is 6.03. The van der Waals surface area contributed by atoms with Crippen molar-refractivity contribution in [2.75, 3.05) is 20.2 Å². The second-order valence-corrected chi connectivity index (χ2v) is 7.19. The van der Waals surface area contributed by atoms with E-state index in [0.717, 1.165) is 43.3 Å². The number of rotatable bonds is 3. The molecule has 2 aliphatic heterocycles. The number of para-hydroxylation sites is 1. The monoisotopic (exact) mass is 352 g/mol. The summed E-state index contributed by atoms with van der Waals surface area (Å²) in [6, 6.07) is 8.60. The molecule has 1 aromatic carbocycles. The number of benzene rings is 1. The molecule has 3 heterocycles. The molecule has 1 N–H and O–H groups in total. The van der Waals surface area contributed by atoms with E-state index in [-0.39, 0.29) is 12.0 Å². The SMILES string of the molecule is CC=C1CN2CCc3c([nH]c4ccccc34)C2CC1C(C=O)C(=O)OC. The Balaban J connectivity index is 1.74. The molecule has 26 heavy (non-hydrogen) atoms. The van der Waals surface area contributed by atoms with Crippen LogP contribution in [0.25, 0.3) is 10.9 Å². The first-order valence-corrected chi connectivity index (χ1v) is 9.19. The highest BCUT2D eigenvalue weighted by Crippen LogP contribution is 2.44. The molecule has 0 radical (unpaired) electrons. The molecule has 5 heteroatoms. The Morgan fingerprint density at radius 2 is 2.19 bits per heavy atom. The predicted octanol–water partition coefficient (Wildman–Crippen LogP) is 3.02. The molecule has 3 atom stereocenters. The molecular formula is C21H24N2O3. The van der Waals surface area contributed by atoms with Crippen molar-refractivity contribution in [3.05, 3.63) is 47.2 Å². The average molecular weight is 352 g/mol. The van der Waals surface area contributed by atoms with Gasteiger partial charge < -0.3 is 14.5 Å². The van der Waals surface area contributed by atoms with Crippen molar-refractivity contribution in [2.45, 2.75) is 25.8 Å². The molecule has 0 amide bonds. The molecule has 1 saturated heterocycles. The smallest absolute Gasteiger partial charge is 0.316 e. The van der Waals surface area contributed by atoms with Crippen LogP contribution in [0.3, 0.4) is 0 Å². The molecule has 3 unspecified atom stereocenters. The van der Waals surface area contributed by atoms with Crippen LogP contribution in [0.2, 0.25) is 0 Å². The quantitative estimate of drug-likeness (QED) is 0.399. The van der Waals surface area contributed by atoms with Crippen molar-refractivity contribution < 1.29 is 14.3 Å². The van der Waals surface area contributed by atoms with Crippen LogP contribution in [0.15, 0.2) is 35.9 Å². The maximum absolute atomic E-state index is 12.1. The van der Waals surface area contributed by atoms with Gasteiger partial charge in [-0.25, -0.2) is 0 Å². The van der Waals surface area contributed by atoms with Gasteiger partial charge in [-0.05, 0) is 31.4 Å². The number of aromatic amines is 1. The second-order valence-electron chi connectivity index (χ2n) is 7.19. The van der Waals surface area contributed by atoms with Crippen molar-refractivity contribution >= 4 is 23.2 Å². The number of hydrogen-bond donors (Lipinski definition) is 1. The Labute approximate surface area is 153 Å². The molecule has 5 nitrogen and oxygen atoms in total. The number of H-pyrrole nitrogens is 1. The van der Waals surface area contributed by atoms with Crippen LogP contribution in [0, 0.1) is 11.8 Å².